The molecule has 0 aliphatic carbocycles. The van der Waals surface area contributed by atoms with E-state index in [9.17, 15) is 5.11 Å². The van der Waals surface area contributed by atoms with Crippen LogP contribution in [0.15, 0.2) is 65.1 Å². The van der Waals surface area contributed by atoms with Gasteiger partial charge in [-0.15, -0.1) is 11.3 Å². The van der Waals surface area contributed by atoms with Crippen LogP contribution < -0.4 is 4.74 Å². The van der Waals surface area contributed by atoms with E-state index in [-0.39, 0.29) is 0 Å². The van der Waals surface area contributed by atoms with Crippen molar-refractivity contribution in [3.63, 3.8) is 0 Å². The first kappa shape index (κ1) is 39.2. The molecule has 2 aliphatic rings. The number of hydrogen-bond acceptors (Lipinski definition) is 10. The monoisotopic (exact) mass is 786 g/mol. The molecule has 4 aromatic rings. The summed E-state index contributed by atoms with van der Waals surface area (Å²) in [7, 11) is 0. The first-order chi connectivity index (χ1) is 24.4. The maximum absolute atomic E-state index is 10.2. The molecule has 6 rings (SSSR count). The summed E-state index contributed by atoms with van der Waals surface area (Å²) in [4.78, 5) is 42.6. The van der Waals surface area contributed by atoms with Crippen molar-refractivity contribution in [3.05, 3.63) is 81.8 Å². The molecule has 3 heterocycles. The molecule has 2 saturated heterocycles. The van der Waals surface area contributed by atoms with Gasteiger partial charge in [0.15, 0.2) is 0 Å². The molecule has 0 unspecified atom stereocenters. The Hall–Kier alpha value is -4.54. The molecule has 3 aromatic carbocycles. The fourth-order valence-electron chi connectivity index (χ4n) is 5.58. The van der Waals surface area contributed by atoms with Gasteiger partial charge in [0.05, 0.1) is 13.2 Å². The molecular formula is C36H39BrN2O11S. The van der Waals surface area contributed by atoms with Crippen molar-refractivity contribution in [1.29, 1.82) is 0 Å². The molecule has 272 valence electrons. The summed E-state index contributed by atoms with van der Waals surface area (Å²) in [6.45, 7) is 8.62. The fraction of sp³-hybridized carbons (Fsp3) is 0.333. The van der Waals surface area contributed by atoms with E-state index in [4.69, 9.17) is 49.1 Å². The Kier molecular flexibility index (Phi) is 14.8. The number of morpholine rings is 1. The number of aliphatic carboxylic acids is 4. The van der Waals surface area contributed by atoms with Crippen molar-refractivity contribution < 1.29 is 54.2 Å². The van der Waals surface area contributed by atoms with Crippen LogP contribution in [0, 0.1) is 0 Å². The summed E-state index contributed by atoms with van der Waals surface area (Å²) in [6.07, 6.45) is 3.43. The molecule has 1 aromatic heterocycles. The number of phenolic OH excluding ortho intramolecular Hbond substituents is 1. The van der Waals surface area contributed by atoms with Gasteiger partial charge in [0.1, 0.15) is 18.1 Å². The second-order valence-corrected chi connectivity index (χ2v) is 13.6. The second kappa shape index (κ2) is 19.2. The number of aromatic hydroxyl groups is 1. The number of rotatable bonds is 9. The van der Waals surface area contributed by atoms with E-state index in [2.05, 4.69) is 74.3 Å². The SMILES string of the molecule is O=C(O)C(=O)O.O=C(O)C(=O)O.Oc1ccc2c(Cc3ccc(CN4CCOCC4)c(Br)c3)c(-c3ccc(OCCN4CCCC4)cc3)sc2c1. The van der Waals surface area contributed by atoms with Gasteiger partial charge in [-0.3, -0.25) is 9.80 Å². The lowest BCUT2D eigenvalue weighted by Gasteiger charge is -2.27. The number of benzene rings is 3. The van der Waals surface area contributed by atoms with Crippen LogP contribution >= 0.6 is 27.3 Å². The van der Waals surface area contributed by atoms with E-state index < -0.39 is 23.9 Å². The van der Waals surface area contributed by atoms with Gasteiger partial charge in [0.2, 0.25) is 0 Å². The summed E-state index contributed by atoms with van der Waals surface area (Å²) in [5, 5.41) is 40.9. The Bertz CT molecular complexity index is 1770. The van der Waals surface area contributed by atoms with Crippen molar-refractivity contribution in [3.8, 4) is 21.9 Å². The number of ether oxygens (including phenoxy) is 2. The topological polar surface area (TPSA) is 194 Å². The molecular weight excluding hydrogens is 748 g/mol. The van der Waals surface area contributed by atoms with Gasteiger partial charge in [0.25, 0.3) is 0 Å². The molecule has 0 saturated carbocycles. The van der Waals surface area contributed by atoms with Gasteiger partial charge in [0, 0.05) is 40.2 Å². The van der Waals surface area contributed by atoms with E-state index in [1.54, 1.807) is 17.4 Å². The number of hydrogen-bond donors (Lipinski definition) is 5. The van der Waals surface area contributed by atoms with Gasteiger partial charge in [-0.1, -0.05) is 28.1 Å². The Morgan fingerprint density at radius 2 is 1.41 bits per heavy atom. The summed E-state index contributed by atoms with van der Waals surface area (Å²) in [6, 6.07) is 21.0. The molecule has 0 atom stereocenters. The zero-order valence-electron chi connectivity index (χ0n) is 27.6. The number of likely N-dealkylation sites (tertiary alicyclic amines) is 1. The molecule has 2 aliphatic heterocycles. The number of carbonyl (C=O) groups is 4. The quantitative estimate of drug-likeness (QED) is 0.138. The zero-order chi connectivity index (χ0) is 36.9. The number of halogens is 1. The maximum atomic E-state index is 10.2. The van der Waals surface area contributed by atoms with Crippen LogP contribution in [0.3, 0.4) is 0 Å². The van der Waals surface area contributed by atoms with E-state index >= 15 is 0 Å². The standard InChI is InChI=1S/C32H35BrN2O3S.2C2H2O4/c33-30-20-23(3-4-25(30)22-35-13-16-37-17-14-35)19-29-28-10-7-26(36)21-31(28)39-32(29)24-5-8-27(9-6-24)38-18-15-34-11-1-2-12-34;2*3-1(4)2(5)6/h3-10,20-21,36H,1-2,11-19,22H2;2*(H,3,4)(H,5,6). The second-order valence-electron chi connectivity index (χ2n) is 11.7. The third-order valence-electron chi connectivity index (χ3n) is 8.13. The lowest BCUT2D eigenvalue weighted by Crippen LogP contribution is -2.35. The van der Waals surface area contributed by atoms with Gasteiger partial charge in [-0.2, -0.15) is 0 Å². The number of nitrogens with zero attached hydrogens (tertiary/aromatic N) is 2. The minimum atomic E-state index is -1.82. The maximum Gasteiger partial charge on any atom is 0.414 e. The van der Waals surface area contributed by atoms with Crippen LogP contribution in [-0.2, 0) is 36.9 Å². The zero-order valence-corrected chi connectivity index (χ0v) is 30.0. The van der Waals surface area contributed by atoms with E-state index in [1.807, 2.05) is 6.07 Å². The normalized spacial score (nSPS) is 14.5. The largest absolute Gasteiger partial charge is 0.508 e. The van der Waals surface area contributed by atoms with Crippen LogP contribution in [0.2, 0.25) is 0 Å². The molecule has 51 heavy (non-hydrogen) atoms. The van der Waals surface area contributed by atoms with Crippen molar-refractivity contribution in [2.75, 3.05) is 52.5 Å². The molecule has 0 amide bonds. The summed E-state index contributed by atoms with van der Waals surface area (Å²) in [5.41, 5.74) is 5.05. The highest BCUT2D eigenvalue weighted by Crippen LogP contribution is 2.41. The Morgan fingerprint density at radius 1 is 0.784 bits per heavy atom. The predicted molar refractivity (Wildman–Crippen MR) is 194 cm³/mol. The van der Waals surface area contributed by atoms with Gasteiger partial charge in [-0.05, 0) is 109 Å². The number of phenols is 1. The minimum Gasteiger partial charge on any atom is -0.508 e. The molecule has 0 bridgehead atoms. The molecule has 2 fully saturated rings. The van der Waals surface area contributed by atoms with Crippen molar-refractivity contribution in [2.24, 2.45) is 0 Å². The summed E-state index contributed by atoms with van der Waals surface area (Å²) >= 11 is 5.59. The Labute approximate surface area is 306 Å². The highest BCUT2D eigenvalue weighted by atomic mass is 79.9. The average molecular weight is 788 g/mol. The Balaban J connectivity index is 0.000000420. The van der Waals surface area contributed by atoms with E-state index in [0.717, 1.165) is 67.3 Å². The number of carboxylic acids is 4. The summed E-state index contributed by atoms with van der Waals surface area (Å²) < 4.78 is 13.8. The fourth-order valence-corrected chi connectivity index (χ4v) is 7.39. The van der Waals surface area contributed by atoms with Gasteiger partial charge >= 0.3 is 23.9 Å². The first-order valence-corrected chi connectivity index (χ1v) is 17.7. The van der Waals surface area contributed by atoms with Gasteiger partial charge < -0.3 is 35.0 Å². The predicted octanol–water partition coefficient (Wildman–Crippen LogP) is 5.25. The van der Waals surface area contributed by atoms with Crippen molar-refractivity contribution >= 4 is 61.2 Å². The lowest BCUT2D eigenvalue weighted by molar-refractivity contribution is -0.159. The van der Waals surface area contributed by atoms with Crippen molar-refractivity contribution in [1.82, 2.24) is 9.80 Å². The van der Waals surface area contributed by atoms with Crippen LogP contribution in [-0.4, -0.2) is 112 Å². The van der Waals surface area contributed by atoms with Crippen LogP contribution in [0.5, 0.6) is 11.5 Å². The van der Waals surface area contributed by atoms with Crippen LogP contribution in [0.25, 0.3) is 20.5 Å². The molecule has 5 N–H and O–H groups in total. The first-order valence-electron chi connectivity index (χ1n) is 16.1. The average Bonchev–Trinajstić information content (AvgIpc) is 3.75. The van der Waals surface area contributed by atoms with Crippen LogP contribution in [0.1, 0.15) is 29.5 Å². The van der Waals surface area contributed by atoms with E-state index in [1.165, 1.54) is 58.4 Å². The number of carboxylic acid groups (broad SMARTS) is 4. The molecule has 0 spiro atoms. The minimum absolute atomic E-state index is 0.304. The Morgan fingerprint density at radius 3 is 2.00 bits per heavy atom. The molecule has 13 nitrogen and oxygen atoms in total. The highest BCUT2D eigenvalue weighted by Gasteiger charge is 2.18. The van der Waals surface area contributed by atoms with Crippen LogP contribution in [0.4, 0.5) is 0 Å². The highest BCUT2D eigenvalue weighted by molar-refractivity contribution is 9.10. The summed E-state index contributed by atoms with van der Waals surface area (Å²) in [5.74, 6) is -6.08. The lowest BCUT2D eigenvalue weighted by atomic mass is 9.98. The number of fused-ring (bicyclic) bond motifs is 1. The molecule has 0 radical (unpaired) electrons. The van der Waals surface area contributed by atoms with Crippen molar-refractivity contribution in [2.45, 2.75) is 25.8 Å². The van der Waals surface area contributed by atoms with E-state index in [0.29, 0.717) is 5.75 Å². The smallest absolute Gasteiger partial charge is 0.414 e. The third kappa shape index (κ3) is 12.0. The number of thiophene rings is 1. The third-order valence-corrected chi connectivity index (χ3v) is 10.1. The molecule has 15 heteroatoms. The van der Waals surface area contributed by atoms with Gasteiger partial charge in [-0.25, -0.2) is 19.2 Å².